The van der Waals surface area contributed by atoms with Crippen LogP contribution in [0.25, 0.3) is 0 Å². The van der Waals surface area contributed by atoms with E-state index in [1.165, 1.54) is 12.1 Å². The van der Waals surface area contributed by atoms with Crippen molar-refractivity contribution in [2.45, 2.75) is 18.2 Å². The summed E-state index contributed by atoms with van der Waals surface area (Å²) in [5, 5.41) is 6.39. The second-order valence-corrected chi connectivity index (χ2v) is 5.50. The summed E-state index contributed by atoms with van der Waals surface area (Å²) in [4.78, 5) is 5.58. The Labute approximate surface area is 153 Å². The van der Waals surface area contributed by atoms with E-state index in [1.807, 2.05) is 6.92 Å². The molecule has 0 bridgehead atoms. The minimum Gasteiger partial charge on any atom is -0.383 e. The van der Waals surface area contributed by atoms with Crippen molar-refractivity contribution >= 4 is 41.7 Å². The number of rotatable bonds is 9. The van der Waals surface area contributed by atoms with Gasteiger partial charge in [0.15, 0.2) is 5.96 Å². The zero-order chi connectivity index (χ0) is 15.3. The minimum absolute atomic E-state index is 0. The fraction of sp³-hybridized carbons (Fsp3) is 0.533. The molecule has 7 heteroatoms. The number of guanidine groups is 1. The van der Waals surface area contributed by atoms with Gasteiger partial charge in [0.25, 0.3) is 0 Å². The van der Waals surface area contributed by atoms with Crippen LogP contribution >= 0.6 is 35.7 Å². The van der Waals surface area contributed by atoms with Gasteiger partial charge < -0.3 is 15.4 Å². The lowest BCUT2D eigenvalue weighted by Crippen LogP contribution is -2.39. The Morgan fingerprint density at radius 3 is 2.64 bits per heavy atom. The molecule has 1 rings (SSSR count). The number of ether oxygens (including phenoxy) is 1. The molecule has 4 nitrogen and oxygen atoms in total. The van der Waals surface area contributed by atoms with Gasteiger partial charge in [-0.25, -0.2) is 4.39 Å². The molecule has 22 heavy (non-hydrogen) atoms. The average Bonchev–Trinajstić information content (AvgIpc) is 2.49. The summed E-state index contributed by atoms with van der Waals surface area (Å²) in [6.45, 7) is 5.04. The second-order valence-electron chi connectivity index (χ2n) is 4.34. The number of thioether (sulfide) groups is 1. The Morgan fingerprint density at radius 1 is 1.27 bits per heavy atom. The monoisotopic (exact) mass is 441 g/mol. The summed E-state index contributed by atoms with van der Waals surface area (Å²) < 4.78 is 17.8. The molecule has 0 amide bonds. The normalized spacial score (nSPS) is 11.0. The SMILES string of the molecule is CCNC(=NCCCSc1ccc(F)cc1)NCCOC.I. The Bertz CT molecular complexity index is 418. The maximum Gasteiger partial charge on any atom is 0.191 e. The lowest BCUT2D eigenvalue weighted by atomic mass is 10.4. The van der Waals surface area contributed by atoms with Crippen LogP contribution in [0.1, 0.15) is 13.3 Å². The molecule has 0 aliphatic carbocycles. The van der Waals surface area contributed by atoms with Crippen molar-refractivity contribution in [3.05, 3.63) is 30.1 Å². The largest absolute Gasteiger partial charge is 0.383 e. The highest BCUT2D eigenvalue weighted by Gasteiger charge is 1.97. The Balaban J connectivity index is 0.00000441. The smallest absolute Gasteiger partial charge is 0.191 e. The molecule has 0 saturated heterocycles. The zero-order valence-electron chi connectivity index (χ0n) is 13.1. The van der Waals surface area contributed by atoms with Gasteiger partial charge in [-0.15, -0.1) is 35.7 Å². The molecule has 0 heterocycles. The van der Waals surface area contributed by atoms with E-state index in [9.17, 15) is 4.39 Å². The topological polar surface area (TPSA) is 45.7 Å². The third-order valence-electron chi connectivity index (χ3n) is 2.60. The molecule has 0 atom stereocenters. The predicted molar refractivity (Wildman–Crippen MR) is 103 cm³/mol. The van der Waals surface area contributed by atoms with Gasteiger partial charge in [0.05, 0.1) is 6.61 Å². The molecule has 2 N–H and O–H groups in total. The highest BCUT2D eigenvalue weighted by molar-refractivity contribution is 14.0. The van der Waals surface area contributed by atoms with E-state index in [0.717, 1.165) is 42.7 Å². The summed E-state index contributed by atoms with van der Waals surface area (Å²) in [6, 6.07) is 6.59. The van der Waals surface area contributed by atoms with Crippen molar-refractivity contribution in [1.29, 1.82) is 0 Å². The third-order valence-corrected chi connectivity index (χ3v) is 3.70. The predicted octanol–water partition coefficient (Wildman–Crippen LogP) is 3.13. The molecule has 0 aromatic heterocycles. The molecule has 0 fully saturated rings. The van der Waals surface area contributed by atoms with Gasteiger partial charge >= 0.3 is 0 Å². The van der Waals surface area contributed by atoms with Crippen molar-refractivity contribution in [1.82, 2.24) is 10.6 Å². The van der Waals surface area contributed by atoms with Crippen LogP contribution in [0.5, 0.6) is 0 Å². The maximum atomic E-state index is 12.8. The molecule has 0 aliphatic rings. The summed E-state index contributed by atoms with van der Waals surface area (Å²) in [5.41, 5.74) is 0. The standard InChI is InChI=1S/C15H24FN3OS.HI/c1-3-17-15(19-10-11-20-2)18-9-4-12-21-14-7-5-13(16)6-8-14;/h5-8H,3-4,9-12H2,1-2H3,(H2,17,18,19);1H. The number of benzene rings is 1. The number of nitrogens with zero attached hydrogens (tertiary/aromatic N) is 1. The van der Waals surface area contributed by atoms with Gasteiger partial charge in [0, 0.05) is 31.6 Å². The van der Waals surface area contributed by atoms with Crippen LogP contribution in [0.2, 0.25) is 0 Å². The maximum absolute atomic E-state index is 12.8. The van der Waals surface area contributed by atoms with E-state index in [-0.39, 0.29) is 29.8 Å². The lowest BCUT2D eigenvalue weighted by Gasteiger charge is -2.10. The molecule has 1 aromatic carbocycles. The van der Waals surface area contributed by atoms with Crippen LogP contribution < -0.4 is 10.6 Å². The van der Waals surface area contributed by atoms with Crippen LogP contribution in [0.4, 0.5) is 4.39 Å². The van der Waals surface area contributed by atoms with Gasteiger partial charge in [-0.1, -0.05) is 0 Å². The third kappa shape index (κ3) is 10.2. The summed E-state index contributed by atoms with van der Waals surface area (Å²) in [5.74, 6) is 1.59. The first-order valence-corrected chi connectivity index (χ1v) is 8.14. The van der Waals surface area contributed by atoms with E-state index >= 15 is 0 Å². The quantitative estimate of drug-likeness (QED) is 0.203. The highest BCUT2D eigenvalue weighted by Crippen LogP contribution is 2.18. The number of nitrogens with one attached hydrogen (secondary N) is 2. The van der Waals surface area contributed by atoms with Gasteiger partial charge in [-0.05, 0) is 43.4 Å². The van der Waals surface area contributed by atoms with E-state index in [2.05, 4.69) is 15.6 Å². The molecule has 0 radical (unpaired) electrons. The summed E-state index contributed by atoms with van der Waals surface area (Å²) >= 11 is 1.72. The van der Waals surface area contributed by atoms with Crippen molar-refractivity contribution in [2.75, 3.05) is 39.1 Å². The molecule has 0 unspecified atom stereocenters. The molecular weight excluding hydrogens is 416 g/mol. The van der Waals surface area contributed by atoms with Crippen LogP contribution in [0.15, 0.2) is 34.2 Å². The van der Waals surface area contributed by atoms with Crippen molar-refractivity contribution in [3.63, 3.8) is 0 Å². The van der Waals surface area contributed by atoms with Crippen LogP contribution in [-0.4, -0.2) is 45.1 Å². The van der Waals surface area contributed by atoms with E-state index in [0.29, 0.717) is 6.61 Å². The molecule has 126 valence electrons. The second kappa shape index (κ2) is 14.1. The minimum atomic E-state index is -0.193. The fourth-order valence-electron chi connectivity index (χ4n) is 1.59. The first-order valence-electron chi connectivity index (χ1n) is 7.15. The number of hydrogen-bond donors (Lipinski definition) is 2. The van der Waals surface area contributed by atoms with Gasteiger partial charge in [0.2, 0.25) is 0 Å². The first kappa shape index (κ1) is 21.5. The summed E-state index contributed by atoms with van der Waals surface area (Å²) in [6.07, 6.45) is 0.975. The molecule has 1 aromatic rings. The Morgan fingerprint density at radius 2 is 2.00 bits per heavy atom. The first-order chi connectivity index (χ1) is 10.3. The van der Waals surface area contributed by atoms with Crippen LogP contribution in [-0.2, 0) is 4.74 Å². The molecule has 0 spiro atoms. The van der Waals surface area contributed by atoms with Crippen LogP contribution in [0, 0.1) is 5.82 Å². The van der Waals surface area contributed by atoms with Crippen molar-refractivity contribution in [2.24, 2.45) is 4.99 Å². The zero-order valence-corrected chi connectivity index (χ0v) is 16.2. The molecular formula is C15H25FIN3OS. The number of methoxy groups -OCH3 is 1. The highest BCUT2D eigenvalue weighted by atomic mass is 127. The van der Waals surface area contributed by atoms with Crippen LogP contribution in [0.3, 0.4) is 0 Å². The van der Waals surface area contributed by atoms with E-state index in [4.69, 9.17) is 4.74 Å². The van der Waals surface area contributed by atoms with Crippen molar-refractivity contribution in [3.8, 4) is 0 Å². The molecule has 0 aliphatic heterocycles. The lowest BCUT2D eigenvalue weighted by molar-refractivity contribution is 0.203. The Hall–Kier alpha value is -0.540. The Kier molecular flexibility index (Phi) is 13.7. The van der Waals surface area contributed by atoms with Gasteiger partial charge in [-0.2, -0.15) is 0 Å². The fourth-order valence-corrected chi connectivity index (χ4v) is 2.43. The number of hydrogen-bond acceptors (Lipinski definition) is 3. The van der Waals surface area contributed by atoms with Crippen molar-refractivity contribution < 1.29 is 9.13 Å². The van der Waals surface area contributed by atoms with E-state index < -0.39 is 0 Å². The summed E-state index contributed by atoms with van der Waals surface area (Å²) in [7, 11) is 1.68. The number of halogens is 2. The molecule has 0 saturated carbocycles. The van der Waals surface area contributed by atoms with Gasteiger partial charge in [0.1, 0.15) is 5.82 Å². The number of aliphatic imine (C=N–C) groups is 1. The van der Waals surface area contributed by atoms with Gasteiger partial charge in [-0.3, -0.25) is 4.99 Å². The van der Waals surface area contributed by atoms with E-state index in [1.54, 1.807) is 31.0 Å². The average molecular weight is 441 g/mol.